The van der Waals surface area contributed by atoms with Gasteiger partial charge in [0.2, 0.25) is 5.16 Å². The number of rotatable bonds is 17. The minimum absolute atomic E-state index is 0.0104. The molecule has 0 saturated carbocycles. The highest BCUT2D eigenvalue weighted by Gasteiger charge is 2.73. The van der Waals surface area contributed by atoms with Crippen LogP contribution in [-0.2, 0) is 31.6 Å². The average Bonchev–Trinajstić information content (AvgIpc) is 3.47. The highest BCUT2D eigenvalue weighted by molar-refractivity contribution is 7.99. The van der Waals surface area contributed by atoms with Gasteiger partial charge in [-0.05, 0) is 54.1 Å². The first-order valence-corrected chi connectivity index (χ1v) is 14.7. The van der Waals surface area contributed by atoms with Crippen LogP contribution in [0.5, 0.6) is 0 Å². The third kappa shape index (κ3) is 9.66. The van der Waals surface area contributed by atoms with E-state index in [-0.39, 0.29) is 58.3 Å². The van der Waals surface area contributed by atoms with Gasteiger partial charge in [-0.2, -0.15) is 30.7 Å². The van der Waals surface area contributed by atoms with Crippen LogP contribution in [-0.4, -0.2) is 73.6 Å². The highest BCUT2D eigenvalue weighted by Crippen LogP contribution is 2.51. The lowest BCUT2D eigenvalue weighted by Gasteiger charge is -2.28. The number of tetrazole rings is 1. The average molecular weight is 729 g/mol. The van der Waals surface area contributed by atoms with Crippen LogP contribution in [0, 0.1) is 10.7 Å². The molecule has 266 valence electrons. The minimum atomic E-state index is -6.68. The van der Waals surface area contributed by atoms with E-state index in [2.05, 4.69) is 25.3 Å². The standard InChI is InChI=1S/C27H25F8N7O6S/c1-15(43)6-4-3-5-7-21(44)48-11-10-41-24(38-39-40-41)49-20-9-8-17(42(46)47-2)13-18(20)23(45)37-22-19(28)12-16(14-36-22)25(29,30)26(31,32)27(33,34)35/h8-9,12-14H,3-7,10-11H2,1-2H3/p+1. The summed E-state index contributed by atoms with van der Waals surface area (Å²) in [7, 11) is 1.00. The van der Waals surface area contributed by atoms with Crippen molar-refractivity contribution in [3.8, 4) is 0 Å². The molecule has 1 aromatic carbocycles. The largest absolute Gasteiger partial charge is 0.464 e. The molecule has 0 atom stereocenters. The Morgan fingerprint density at radius 1 is 1.02 bits per heavy atom. The molecule has 22 heteroatoms. The van der Waals surface area contributed by atoms with Crippen molar-refractivity contribution in [1.29, 1.82) is 0 Å². The first-order chi connectivity index (χ1) is 22.9. The van der Waals surface area contributed by atoms with E-state index >= 15 is 0 Å². The van der Waals surface area contributed by atoms with Crippen molar-refractivity contribution in [1.82, 2.24) is 25.2 Å². The van der Waals surface area contributed by atoms with Crippen LogP contribution in [0.25, 0.3) is 0 Å². The molecule has 0 fully saturated rings. The van der Waals surface area contributed by atoms with Crippen molar-refractivity contribution >= 4 is 40.9 Å². The Kier molecular flexibility index (Phi) is 12.7. The number of carbonyl (C=O) groups excluding carboxylic acids is 3. The molecule has 2 aromatic heterocycles. The number of unbranched alkanes of at least 4 members (excludes halogenated alkanes) is 2. The van der Waals surface area contributed by atoms with E-state index in [1.807, 2.05) is 5.32 Å². The lowest BCUT2D eigenvalue weighted by atomic mass is 10.0. The molecular formula is C27H26F8N7O6S+. The molecule has 0 aliphatic rings. The lowest BCUT2D eigenvalue weighted by molar-refractivity contribution is -0.736. The van der Waals surface area contributed by atoms with Crippen LogP contribution < -0.4 is 5.32 Å². The number of halogens is 8. The first kappa shape index (κ1) is 38.7. The Bertz CT molecular complexity index is 1690. The van der Waals surface area contributed by atoms with Crippen molar-refractivity contribution in [2.45, 2.75) is 73.6 Å². The van der Waals surface area contributed by atoms with E-state index in [0.29, 0.717) is 25.7 Å². The van der Waals surface area contributed by atoms with Gasteiger partial charge in [0.1, 0.15) is 12.4 Å². The molecule has 0 radical (unpaired) electrons. The number of ether oxygens (including phenoxy) is 1. The van der Waals surface area contributed by atoms with Gasteiger partial charge in [0.05, 0.1) is 17.0 Å². The zero-order chi connectivity index (χ0) is 36.6. The van der Waals surface area contributed by atoms with Gasteiger partial charge in [-0.3, -0.25) is 9.59 Å². The summed E-state index contributed by atoms with van der Waals surface area (Å²) < 4.78 is 114. The summed E-state index contributed by atoms with van der Waals surface area (Å²) in [5.41, 5.74) is -2.78. The van der Waals surface area contributed by atoms with Gasteiger partial charge < -0.3 is 14.8 Å². The van der Waals surface area contributed by atoms with E-state index in [1.54, 1.807) is 0 Å². The van der Waals surface area contributed by atoms with Crippen LogP contribution in [0.4, 0.5) is 46.6 Å². The minimum Gasteiger partial charge on any atom is -0.464 e. The number of ketones is 1. The summed E-state index contributed by atoms with van der Waals surface area (Å²) in [4.78, 5) is 55.9. The van der Waals surface area contributed by atoms with Gasteiger partial charge in [0.15, 0.2) is 18.7 Å². The van der Waals surface area contributed by atoms with Crippen molar-refractivity contribution in [2.24, 2.45) is 0 Å². The predicted molar refractivity (Wildman–Crippen MR) is 150 cm³/mol. The third-order valence-corrected chi connectivity index (χ3v) is 7.50. The number of nitrogens with zero attached hydrogens (tertiary/aromatic N) is 6. The van der Waals surface area contributed by atoms with E-state index in [9.17, 15) is 54.4 Å². The second kappa shape index (κ2) is 16.1. The lowest BCUT2D eigenvalue weighted by Crippen LogP contribution is -2.50. The number of benzene rings is 1. The fourth-order valence-corrected chi connectivity index (χ4v) is 4.79. The predicted octanol–water partition coefficient (Wildman–Crippen LogP) is 5.95. The third-order valence-electron chi connectivity index (χ3n) is 6.45. The maximum absolute atomic E-state index is 14.7. The van der Waals surface area contributed by atoms with Gasteiger partial charge in [-0.25, -0.2) is 18.9 Å². The summed E-state index contributed by atoms with van der Waals surface area (Å²) in [6.45, 7) is 1.29. The topological polar surface area (TPSA) is 158 Å². The molecule has 3 rings (SSSR count). The molecule has 13 nitrogen and oxygen atoms in total. The zero-order valence-electron chi connectivity index (χ0n) is 25.4. The number of anilines is 1. The summed E-state index contributed by atoms with van der Waals surface area (Å²) in [6.07, 6.45) is -4.47. The zero-order valence-corrected chi connectivity index (χ0v) is 26.2. The van der Waals surface area contributed by atoms with E-state index < -0.39 is 52.7 Å². The normalized spacial score (nSPS) is 12.0. The molecule has 0 spiro atoms. The molecule has 1 N–H and O–H groups in total. The Morgan fingerprint density at radius 3 is 2.35 bits per heavy atom. The van der Waals surface area contributed by atoms with Crippen molar-refractivity contribution < 1.29 is 64.0 Å². The molecule has 2 heterocycles. The molecule has 1 amide bonds. The fraction of sp³-hybridized carbons (Fsp3) is 0.444. The van der Waals surface area contributed by atoms with E-state index in [0.717, 1.165) is 24.9 Å². The highest BCUT2D eigenvalue weighted by atomic mass is 32.2. The molecule has 0 aliphatic heterocycles. The van der Waals surface area contributed by atoms with Crippen LogP contribution in [0.15, 0.2) is 40.5 Å². The van der Waals surface area contributed by atoms with Crippen molar-refractivity contribution in [2.75, 3.05) is 19.0 Å². The number of pyridine rings is 1. The summed E-state index contributed by atoms with van der Waals surface area (Å²) in [5.74, 6) is -17.2. The molecular weight excluding hydrogens is 702 g/mol. The van der Waals surface area contributed by atoms with Crippen LogP contribution >= 0.6 is 11.8 Å². The number of aromatic nitrogens is 5. The number of alkyl halides is 7. The molecule has 3 aromatic rings. The van der Waals surface area contributed by atoms with Gasteiger partial charge in [-0.15, -0.1) is 5.10 Å². The van der Waals surface area contributed by atoms with E-state index in [1.165, 1.54) is 23.7 Å². The summed E-state index contributed by atoms with van der Waals surface area (Å²) >= 11 is 0.743. The summed E-state index contributed by atoms with van der Waals surface area (Å²) in [5, 5.41) is 13.0. The van der Waals surface area contributed by atoms with Gasteiger partial charge >= 0.3 is 29.7 Å². The Hall–Kier alpha value is -4.76. The second-order valence-corrected chi connectivity index (χ2v) is 11.1. The number of hydrogen-bond donors (Lipinski definition) is 1. The Labute approximate surface area is 275 Å². The first-order valence-electron chi connectivity index (χ1n) is 13.9. The molecule has 0 bridgehead atoms. The monoisotopic (exact) mass is 728 g/mol. The SMILES string of the molecule is CO[N+](=O)c1ccc(Sc2nnnn2CCOC(=O)CCCCCC(C)=O)c(C(=O)Nc2ncc(C(F)(F)C(F)(F)C(F)(F)F)cc2F)c1. The fourth-order valence-electron chi connectivity index (χ4n) is 3.89. The van der Waals surface area contributed by atoms with Crippen LogP contribution in [0.2, 0.25) is 0 Å². The Morgan fingerprint density at radius 2 is 1.71 bits per heavy atom. The second-order valence-electron chi connectivity index (χ2n) is 10.0. The maximum atomic E-state index is 14.7. The van der Waals surface area contributed by atoms with Crippen molar-refractivity contribution in [3.05, 3.63) is 52.3 Å². The number of esters is 1. The van der Waals surface area contributed by atoms with Gasteiger partial charge in [-0.1, -0.05) is 6.42 Å². The van der Waals surface area contributed by atoms with Gasteiger partial charge in [0.25, 0.3) is 10.8 Å². The van der Waals surface area contributed by atoms with E-state index in [4.69, 9.17) is 4.74 Å². The van der Waals surface area contributed by atoms with Crippen LogP contribution in [0.3, 0.4) is 0 Å². The molecule has 0 aliphatic carbocycles. The molecule has 0 unspecified atom stereocenters. The number of amides is 1. The number of Topliss-reactive ketones (excluding diaryl/α,β-unsaturated/α-hetero) is 1. The smallest absolute Gasteiger partial charge is 0.460 e. The molecule has 0 saturated heterocycles. The maximum Gasteiger partial charge on any atom is 0.460 e. The quantitative estimate of drug-likeness (QED) is 0.0758. The van der Waals surface area contributed by atoms with Crippen molar-refractivity contribution in [3.63, 3.8) is 0 Å². The molecule has 49 heavy (non-hydrogen) atoms. The number of nitrogens with one attached hydrogen (secondary N) is 1. The van der Waals surface area contributed by atoms with Gasteiger partial charge in [0, 0.05) is 41.6 Å². The number of hydrogen-bond acceptors (Lipinski definition) is 11. The summed E-state index contributed by atoms with van der Waals surface area (Å²) in [6, 6.07) is 3.06. The number of carbonyl (C=O) groups is 3. The Balaban J connectivity index is 1.77. The van der Waals surface area contributed by atoms with Crippen LogP contribution in [0.1, 0.15) is 54.9 Å².